The van der Waals surface area contributed by atoms with Crippen LogP contribution >= 0.6 is 0 Å². The maximum atomic E-state index is 12.3. The molecule has 0 aliphatic carbocycles. The van der Waals surface area contributed by atoms with Crippen LogP contribution in [0.3, 0.4) is 0 Å². The van der Waals surface area contributed by atoms with Crippen LogP contribution in [-0.2, 0) is 0 Å². The largest absolute Gasteiger partial charge is 0.485 e. The van der Waals surface area contributed by atoms with Gasteiger partial charge in [0.25, 0.3) is 0 Å². The molecule has 0 radical (unpaired) electrons. The molecule has 0 amide bonds. The average molecular weight is 336 g/mol. The predicted molar refractivity (Wildman–Crippen MR) is 97.5 cm³/mol. The Morgan fingerprint density at radius 3 is 2.52 bits per heavy atom. The van der Waals surface area contributed by atoms with Crippen LogP contribution in [0.4, 0.5) is 0 Å². The lowest BCUT2D eigenvalue weighted by Gasteiger charge is -2.10. The fourth-order valence-electron chi connectivity index (χ4n) is 2.60. The second-order valence-electron chi connectivity index (χ2n) is 6.10. The molecule has 4 nitrogen and oxygen atoms in total. The number of hydrogen-bond donors (Lipinski definition) is 0. The van der Waals surface area contributed by atoms with E-state index in [1.54, 1.807) is 24.3 Å². The van der Waals surface area contributed by atoms with Crippen LogP contribution in [0.2, 0.25) is 0 Å². The zero-order valence-electron chi connectivity index (χ0n) is 14.3. The number of ether oxygens (including phenoxy) is 1. The van der Waals surface area contributed by atoms with E-state index in [-0.39, 0.29) is 12.4 Å². The molecule has 25 heavy (non-hydrogen) atoms. The van der Waals surface area contributed by atoms with Crippen molar-refractivity contribution in [1.29, 1.82) is 0 Å². The van der Waals surface area contributed by atoms with Gasteiger partial charge in [-0.1, -0.05) is 38.1 Å². The van der Waals surface area contributed by atoms with Gasteiger partial charge >= 0.3 is 5.63 Å². The van der Waals surface area contributed by atoms with E-state index in [1.165, 1.54) is 11.6 Å². The summed E-state index contributed by atoms with van der Waals surface area (Å²) in [6, 6.07) is 15.9. The first-order chi connectivity index (χ1) is 12.1. The second-order valence-corrected chi connectivity index (χ2v) is 6.10. The summed E-state index contributed by atoms with van der Waals surface area (Å²) < 4.78 is 10.7. The zero-order chi connectivity index (χ0) is 17.8. The molecule has 0 saturated heterocycles. The molecule has 0 N–H and O–H groups in total. The summed E-state index contributed by atoms with van der Waals surface area (Å²) in [5.74, 6) is 0.879. The molecule has 128 valence electrons. The molecule has 0 unspecified atom stereocenters. The Morgan fingerprint density at radius 2 is 1.80 bits per heavy atom. The van der Waals surface area contributed by atoms with Crippen LogP contribution < -0.4 is 10.4 Å². The molecule has 4 heteroatoms. The normalized spacial score (nSPS) is 12.1. The van der Waals surface area contributed by atoms with E-state index in [0.717, 1.165) is 11.8 Å². The van der Waals surface area contributed by atoms with E-state index < -0.39 is 5.63 Å². The number of carbonyl (C=O) groups excluding carboxylic acids is 1. The van der Waals surface area contributed by atoms with E-state index in [4.69, 9.17) is 9.15 Å². The van der Waals surface area contributed by atoms with Gasteiger partial charge in [-0.25, -0.2) is 4.79 Å². The van der Waals surface area contributed by atoms with E-state index in [0.29, 0.717) is 22.8 Å². The van der Waals surface area contributed by atoms with Crippen molar-refractivity contribution in [2.75, 3.05) is 6.61 Å². The number of benzene rings is 2. The van der Waals surface area contributed by atoms with Gasteiger partial charge in [0.15, 0.2) is 12.4 Å². The molecule has 0 saturated carbocycles. The molecular weight excluding hydrogens is 316 g/mol. The molecule has 0 bridgehead atoms. The topological polar surface area (TPSA) is 56.5 Å². The summed E-state index contributed by atoms with van der Waals surface area (Å²) in [6.07, 6.45) is 1.06. The second kappa shape index (κ2) is 7.34. The molecule has 0 fully saturated rings. The van der Waals surface area contributed by atoms with E-state index in [9.17, 15) is 9.59 Å². The molecule has 3 aromatic rings. The highest BCUT2D eigenvalue weighted by Gasteiger charge is 2.09. The summed E-state index contributed by atoms with van der Waals surface area (Å²) in [6.45, 7) is 4.24. The Hall–Kier alpha value is -2.88. The van der Waals surface area contributed by atoms with E-state index >= 15 is 0 Å². The average Bonchev–Trinajstić information content (AvgIpc) is 2.65. The van der Waals surface area contributed by atoms with Gasteiger partial charge in [0, 0.05) is 23.1 Å². The first-order valence-electron chi connectivity index (χ1n) is 8.36. The smallest absolute Gasteiger partial charge is 0.336 e. The first kappa shape index (κ1) is 17.0. The van der Waals surface area contributed by atoms with Crippen molar-refractivity contribution in [1.82, 2.24) is 0 Å². The van der Waals surface area contributed by atoms with Crippen LogP contribution in [0.1, 0.15) is 42.1 Å². The lowest BCUT2D eigenvalue weighted by molar-refractivity contribution is 0.0921. The highest BCUT2D eigenvalue weighted by Crippen LogP contribution is 2.21. The van der Waals surface area contributed by atoms with Crippen molar-refractivity contribution in [3.63, 3.8) is 0 Å². The fraction of sp³-hybridized carbons (Fsp3) is 0.238. The fourth-order valence-corrected chi connectivity index (χ4v) is 2.60. The van der Waals surface area contributed by atoms with Crippen LogP contribution in [0.25, 0.3) is 11.0 Å². The standard InChI is InChI=1S/C21H20O4/c1-3-14(2)15-4-6-16(7-5-15)19(22)13-24-18-10-8-17-9-11-21(23)25-20(17)12-18/h4-12,14H,3,13H2,1-2H3/t14-/m1/s1. The van der Waals surface area contributed by atoms with Gasteiger partial charge < -0.3 is 9.15 Å². The molecule has 0 spiro atoms. The zero-order valence-corrected chi connectivity index (χ0v) is 14.3. The highest BCUT2D eigenvalue weighted by atomic mass is 16.5. The summed E-state index contributed by atoms with van der Waals surface area (Å²) in [5.41, 5.74) is 1.88. The summed E-state index contributed by atoms with van der Waals surface area (Å²) in [5, 5.41) is 0.805. The van der Waals surface area contributed by atoms with Crippen LogP contribution in [0, 0.1) is 0 Å². The third-order valence-corrected chi connectivity index (χ3v) is 4.38. The van der Waals surface area contributed by atoms with Gasteiger partial charge in [0.1, 0.15) is 11.3 Å². The minimum Gasteiger partial charge on any atom is -0.485 e. The van der Waals surface area contributed by atoms with E-state index in [1.807, 2.05) is 24.3 Å². The van der Waals surface area contributed by atoms with Crippen molar-refractivity contribution in [2.24, 2.45) is 0 Å². The van der Waals surface area contributed by atoms with Crippen molar-refractivity contribution in [2.45, 2.75) is 26.2 Å². The quantitative estimate of drug-likeness (QED) is 0.489. The lowest BCUT2D eigenvalue weighted by atomic mass is 9.97. The van der Waals surface area contributed by atoms with Crippen molar-refractivity contribution in [3.8, 4) is 5.75 Å². The number of rotatable bonds is 6. The van der Waals surface area contributed by atoms with Crippen LogP contribution in [-0.4, -0.2) is 12.4 Å². The molecular formula is C21H20O4. The number of hydrogen-bond acceptors (Lipinski definition) is 4. The predicted octanol–water partition coefficient (Wildman–Crippen LogP) is 4.57. The molecule has 2 aromatic carbocycles. The Morgan fingerprint density at radius 1 is 1.08 bits per heavy atom. The number of carbonyl (C=O) groups is 1. The third kappa shape index (κ3) is 3.97. The molecule has 3 rings (SSSR count). The van der Waals surface area contributed by atoms with Gasteiger partial charge in [-0.3, -0.25) is 4.79 Å². The molecule has 1 aromatic heterocycles. The van der Waals surface area contributed by atoms with Gasteiger partial charge in [0.2, 0.25) is 0 Å². The monoisotopic (exact) mass is 336 g/mol. The Labute approximate surface area is 146 Å². The first-order valence-corrected chi connectivity index (χ1v) is 8.36. The van der Waals surface area contributed by atoms with Crippen molar-refractivity contribution >= 4 is 16.8 Å². The minimum atomic E-state index is -0.415. The third-order valence-electron chi connectivity index (χ3n) is 4.38. The summed E-state index contributed by atoms with van der Waals surface area (Å²) >= 11 is 0. The number of Topliss-reactive ketones (excluding diaryl/α,β-unsaturated/α-hetero) is 1. The lowest BCUT2D eigenvalue weighted by Crippen LogP contribution is -2.11. The van der Waals surface area contributed by atoms with E-state index in [2.05, 4.69) is 13.8 Å². The summed E-state index contributed by atoms with van der Waals surface area (Å²) in [7, 11) is 0. The number of fused-ring (bicyclic) bond motifs is 1. The maximum Gasteiger partial charge on any atom is 0.336 e. The van der Waals surface area contributed by atoms with Gasteiger partial charge in [-0.05, 0) is 36.1 Å². The molecule has 0 aliphatic heterocycles. The Balaban J connectivity index is 1.68. The van der Waals surface area contributed by atoms with Crippen molar-refractivity contribution in [3.05, 3.63) is 76.1 Å². The molecule has 1 heterocycles. The number of ketones is 1. The van der Waals surface area contributed by atoms with Gasteiger partial charge in [-0.15, -0.1) is 0 Å². The molecule has 1 atom stereocenters. The van der Waals surface area contributed by atoms with Crippen molar-refractivity contribution < 1.29 is 13.9 Å². The van der Waals surface area contributed by atoms with Crippen LogP contribution in [0.5, 0.6) is 5.75 Å². The summed E-state index contributed by atoms with van der Waals surface area (Å²) in [4.78, 5) is 23.6. The maximum absolute atomic E-state index is 12.3. The van der Waals surface area contributed by atoms with Gasteiger partial charge in [0.05, 0.1) is 0 Å². The highest BCUT2D eigenvalue weighted by molar-refractivity contribution is 5.97. The SMILES string of the molecule is CC[C@@H](C)c1ccc(C(=O)COc2ccc3ccc(=O)oc3c2)cc1. The van der Waals surface area contributed by atoms with Crippen LogP contribution in [0.15, 0.2) is 63.8 Å². The minimum absolute atomic E-state index is 0.0642. The van der Waals surface area contributed by atoms with Gasteiger partial charge in [-0.2, -0.15) is 0 Å². The molecule has 0 aliphatic rings. The Bertz CT molecular complexity index is 938. The Kier molecular flexibility index (Phi) is 4.98.